The Morgan fingerprint density at radius 2 is 2.06 bits per heavy atom. The van der Waals surface area contributed by atoms with Crippen molar-refractivity contribution in [1.82, 2.24) is 9.88 Å². The molecule has 16 heavy (non-hydrogen) atoms. The highest BCUT2D eigenvalue weighted by Crippen LogP contribution is 2.08. The van der Waals surface area contributed by atoms with Crippen molar-refractivity contribution in [2.45, 2.75) is 26.3 Å². The molecule has 0 saturated carbocycles. The molecule has 1 rings (SSSR count). The number of aromatic nitrogens is 1. The maximum Gasteiger partial charge on any atom is 0.254 e. The van der Waals surface area contributed by atoms with Gasteiger partial charge in [-0.25, -0.2) is 0 Å². The van der Waals surface area contributed by atoms with E-state index in [2.05, 4.69) is 4.98 Å². The molecule has 0 aliphatic heterocycles. The number of carbonyl (C=O) groups is 1. The highest BCUT2D eigenvalue weighted by molar-refractivity contribution is 5.94. The summed E-state index contributed by atoms with van der Waals surface area (Å²) in [6, 6.07) is 3.54. The van der Waals surface area contributed by atoms with Gasteiger partial charge in [0.25, 0.3) is 5.91 Å². The molecule has 1 aromatic rings. The molecular formula is C12H18N2O2. The average molecular weight is 222 g/mol. The summed E-state index contributed by atoms with van der Waals surface area (Å²) in [7, 11) is 0. The predicted molar refractivity (Wildman–Crippen MR) is 62.1 cm³/mol. The molecule has 1 amide bonds. The van der Waals surface area contributed by atoms with Gasteiger partial charge >= 0.3 is 0 Å². The first kappa shape index (κ1) is 12.6. The van der Waals surface area contributed by atoms with Gasteiger partial charge in [-0.1, -0.05) is 0 Å². The number of amides is 1. The van der Waals surface area contributed by atoms with Gasteiger partial charge in [-0.15, -0.1) is 0 Å². The second-order valence-corrected chi connectivity index (χ2v) is 3.91. The van der Waals surface area contributed by atoms with Crippen LogP contribution in [0.3, 0.4) is 0 Å². The third kappa shape index (κ3) is 3.31. The van der Waals surface area contributed by atoms with Crippen LogP contribution in [0, 0.1) is 0 Å². The molecule has 0 fully saturated rings. The van der Waals surface area contributed by atoms with E-state index in [1.165, 1.54) is 0 Å². The minimum absolute atomic E-state index is 0.00847. The van der Waals surface area contributed by atoms with Gasteiger partial charge in [0.05, 0.1) is 0 Å². The molecule has 0 bridgehead atoms. The van der Waals surface area contributed by atoms with Gasteiger partial charge in [-0.05, 0) is 32.4 Å². The number of hydrogen-bond donors (Lipinski definition) is 1. The van der Waals surface area contributed by atoms with E-state index in [1.54, 1.807) is 29.4 Å². The molecule has 0 atom stereocenters. The van der Waals surface area contributed by atoms with Gasteiger partial charge in [0.2, 0.25) is 0 Å². The molecule has 4 heteroatoms. The zero-order valence-electron chi connectivity index (χ0n) is 9.76. The Hall–Kier alpha value is -1.42. The monoisotopic (exact) mass is 222 g/mol. The highest BCUT2D eigenvalue weighted by atomic mass is 16.3. The van der Waals surface area contributed by atoms with E-state index in [0.717, 1.165) is 0 Å². The summed E-state index contributed by atoms with van der Waals surface area (Å²) >= 11 is 0. The molecule has 4 nitrogen and oxygen atoms in total. The number of pyridine rings is 1. The normalized spacial score (nSPS) is 10.5. The highest BCUT2D eigenvalue weighted by Gasteiger charge is 2.17. The van der Waals surface area contributed by atoms with E-state index in [4.69, 9.17) is 5.11 Å². The van der Waals surface area contributed by atoms with E-state index >= 15 is 0 Å². The maximum atomic E-state index is 12.1. The quantitative estimate of drug-likeness (QED) is 0.817. The van der Waals surface area contributed by atoms with Gasteiger partial charge in [0.15, 0.2) is 0 Å². The van der Waals surface area contributed by atoms with Crippen LogP contribution in [0.4, 0.5) is 0 Å². The molecule has 1 aromatic heterocycles. The summed E-state index contributed by atoms with van der Waals surface area (Å²) in [6.07, 6.45) is 3.82. The van der Waals surface area contributed by atoms with Crippen molar-refractivity contribution >= 4 is 5.91 Å². The summed E-state index contributed by atoms with van der Waals surface area (Å²) in [5, 5.41) is 8.80. The van der Waals surface area contributed by atoms with Crippen LogP contribution < -0.4 is 0 Å². The van der Waals surface area contributed by atoms with Crippen LogP contribution in [0.5, 0.6) is 0 Å². The summed E-state index contributed by atoms with van der Waals surface area (Å²) in [4.78, 5) is 17.7. The fourth-order valence-corrected chi connectivity index (χ4v) is 1.50. The van der Waals surface area contributed by atoms with Gasteiger partial charge in [0, 0.05) is 37.2 Å². The van der Waals surface area contributed by atoms with E-state index in [-0.39, 0.29) is 18.6 Å². The fraction of sp³-hybridized carbons (Fsp3) is 0.500. The lowest BCUT2D eigenvalue weighted by Gasteiger charge is -2.26. The van der Waals surface area contributed by atoms with Crippen molar-refractivity contribution < 1.29 is 9.90 Å². The van der Waals surface area contributed by atoms with E-state index in [9.17, 15) is 4.79 Å². The molecule has 1 N–H and O–H groups in total. The average Bonchev–Trinajstić information content (AvgIpc) is 2.30. The number of aliphatic hydroxyl groups is 1. The third-order valence-corrected chi connectivity index (χ3v) is 2.37. The lowest BCUT2D eigenvalue weighted by Crippen LogP contribution is -2.38. The minimum Gasteiger partial charge on any atom is -0.396 e. The molecule has 0 aromatic carbocycles. The number of aliphatic hydroxyl groups excluding tert-OH is 1. The Balaban J connectivity index is 2.75. The van der Waals surface area contributed by atoms with Crippen LogP contribution in [0.2, 0.25) is 0 Å². The van der Waals surface area contributed by atoms with Gasteiger partial charge in [-0.2, -0.15) is 0 Å². The molecule has 0 unspecified atom stereocenters. The van der Waals surface area contributed by atoms with Gasteiger partial charge in [-0.3, -0.25) is 9.78 Å². The summed E-state index contributed by atoms with van der Waals surface area (Å²) in [5.74, 6) is -0.00847. The summed E-state index contributed by atoms with van der Waals surface area (Å²) in [5.41, 5.74) is 0.640. The zero-order valence-corrected chi connectivity index (χ0v) is 9.76. The Bertz CT molecular complexity index is 325. The minimum atomic E-state index is -0.00847. The van der Waals surface area contributed by atoms with Crippen LogP contribution in [0.25, 0.3) is 0 Å². The number of nitrogens with zero attached hydrogens (tertiary/aromatic N) is 2. The molecule has 0 aliphatic rings. The molecular weight excluding hydrogens is 204 g/mol. The van der Waals surface area contributed by atoms with E-state index in [1.807, 2.05) is 13.8 Å². The van der Waals surface area contributed by atoms with Crippen LogP contribution in [-0.4, -0.2) is 40.1 Å². The Labute approximate surface area is 95.9 Å². The smallest absolute Gasteiger partial charge is 0.254 e. The van der Waals surface area contributed by atoms with E-state index in [0.29, 0.717) is 18.5 Å². The second kappa shape index (κ2) is 6.23. The topological polar surface area (TPSA) is 53.4 Å². The first-order valence-electron chi connectivity index (χ1n) is 5.48. The zero-order chi connectivity index (χ0) is 12.0. The summed E-state index contributed by atoms with van der Waals surface area (Å²) < 4.78 is 0. The SMILES string of the molecule is CC(C)N(CCCO)C(=O)c1ccncc1. The molecule has 0 spiro atoms. The third-order valence-electron chi connectivity index (χ3n) is 2.37. The largest absolute Gasteiger partial charge is 0.396 e. The van der Waals surface area contributed by atoms with Crippen molar-refractivity contribution in [2.24, 2.45) is 0 Å². The summed E-state index contributed by atoms with van der Waals surface area (Å²) in [6.45, 7) is 4.62. The van der Waals surface area contributed by atoms with Crippen molar-refractivity contribution in [1.29, 1.82) is 0 Å². The Kier molecular flexibility index (Phi) is 4.92. The first-order chi connectivity index (χ1) is 7.66. The maximum absolute atomic E-state index is 12.1. The molecule has 1 heterocycles. The van der Waals surface area contributed by atoms with Gasteiger partial charge in [0.1, 0.15) is 0 Å². The van der Waals surface area contributed by atoms with Crippen LogP contribution in [0.1, 0.15) is 30.6 Å². The predicted octanol–water partition coefficient (Wildman–Crippen LogP) is 1.31. The number of carbonyl (C=O) groups excluding carboxylic acids is 1. The molecule has 0 radical (unpaired) electrons. The first-order valence-corrected chi connectivity index (χ1v) is 5.48. The van der Waals surface area contributed by atoms with Crippen molar-refractivity contribution in [2.75, 3.05) is 13.2 Å². The van der Waals surface area contributed by atoms with Crippen LogP contribution >= 0.6 is 0 Å². The van der Waals surface area contributed by atoms with Crippen molar-refractivity contribution in [3.05, 3.63) is 30.1 Å². The second-order valence-electron chi connectivity index (χ2n) is 3.91. The fourth-order valence-electron chi connectivity index (χ4n) is 1.50. The number of hydrogen-bond acceptors (Lipinski definition) is 3. The standard InChI is InChI=1S/C12H18N2O2/c1-10(2)14(8-3-9-15)12(16)11-4-6-13-7-5-11/h4-7,10,15H,3,8-9H2,1-2H3. The van der Waals surface area contributed by atoms with Crippen LogP contribution in [-0.2, 0) is 0 Å². The van der Waals surface area contributed by atoms with Gasteiger partial charge < -0.3 is 10.0 Å². The van der Waals surface area contributed by atoms with Crippen molar-refractivity contribution in [3.8, 4) is 0 Å². The molecule has 0 aliphatic carbocycles. The van der Waals surface area contributed by atoms with Crippen molar-refractivity contribution in [3.63, 3.8) is 0 Å². The lowest BCUT2D eigenvalue weighted by molar-refractivity contribution is 0.0693. The van der Waals surface area contributed by atoms with Crippen LogP contribution in [0.15, 0.2) is 24.5 Å². The lowest BCUT2D eigenvalue weighted by atomic mass is 10.2. The van der Waals surface area contributed by atoms with E-state index < -0.39 is 0 Å². The molecule has 88 valence electrons. The molecule has 0 saturated heterocycles. The Morgan fingerprint density at radius 3 is 2.56 bits per heavy atom. The Morgan fingerprint density at radius 1 is 1.44 bits per heavy atom. The number of rotatable bonds is 5.